The lowest BCUT2D eigenvalue weighted by atomic mass is 10.3. The van der Waals surface area contributed by atoms with E-state index in [9.17, 15) is 22.8 Å². The van der Waals surface area contributed by atoms with Gasteiger partial charge in [0, 0.05) is 19.2 Å². The van der Waals surface area contributed by atoms with Gasteiger partial charge in [0.25, 0.3) is 0 Å². The Bertz CT molecular complexity index is 1270. The number of carbonyl (C=O) groups is 1. The molecule has 0 spiro atoms. The van der Waals surface area contributed by atoms with E-state index in [1.807, 2.05) is 28.8 Å². The van der Waals surface area contributed by atoms with E-state index in [1.54, 1.807) is 0 Å². The van der Waals surface area contributed by atoms with Gasteiger partial charge < -0.3 is 9.36 Å². The molecule has 0 unspecified atom stereocenters. The lowest BCUT2D eigenvalue weighted by Gasteiger charge is -2.09. The van der Waals surface area contributed by atoms with Gasteiger partial charge in [0.15, 0.2) is 0 Å². The first kappa shape index (κ1) is 19.9. The molecule has 30 heavy (non-hydrogen) atoms. The summed E-state index contributed by atoms with van der Waals surface area (Å²) in [6.45, 7) is -0.889. The fourth-order valence-electron chi connectivity index (χ4n) is 3.62. The van der Waals surface area contributed by atoms with Gasteiger partial charge in [-0.1, -0.05) is 12.1 Å². The van der Waals surface area contributed by atoms with Gasteiger partial charge in [0.05, 0.1) is 34.8 Å². The fraction of sp³-hybridized carbons (Fsp3) is 0.300. The molecule has 4 aromatic rings. The highest BCUT2D eigenvalue weighted by Crippen LogP contribution is 2.22. The highest BCUT2D eigenvalue weighted by atomic mass is 19.4. The summed E-state index contributed by atoms with van der Waals surface area (Å²) in [7, 11) is 0. The van der Waals surface area contributed by atoms with Crippen LogP contribution < -0.4 is 5.69 Å². The van der Waals surface area contributed by atoms with E-state index in [-0.39, 0.29) is 12.1 Å². The van der Waals surface area contributed by atoms with Crippen LogP contribution in [0.3, 0.4) is 0 Å². The Labute approximate surface area is 168 Å². The summed E-state index contributed by atoms with van der Waals surface area (Å²) in [6.07, 6.45) is -0.00555. The van der Waals surface area contributed by atoms with E-state index in [0.29, 0.717) is 40.8 Å². The van der Waals surface area contributed by atoms with Crippen LogP contribution in [0, 0.1) is 0 Å². The summed E-state index contributed by atoms with van der Waals surface area (Å²) < 4.78 is 43.0. The smallest absolute Gasteiger partial charge is 0.326 e. The van der Waals surface area contributed by atoms with Crippen molar-refractivity contribution in [1.82, 2.24) is 23.7 Å². The number of rotatable bonds is 7. The maximum atomic E-state index is 13.0. The van der Waals surface area contributed by atoms with Gasteiger partial charge in [-0.05, 0) is 24.6 Å². The number of aryl methyl sites for hydroxylation is 1. The van der Waals surface area contributed by atoms with Crippen molar-refractivity contribution in [1.29, 1.82) is 0 Å². The quantitative estimate of drug-likeness (QED) is 0.342. The normalized spacial score (nSPS) is 12.1. The Morgan fingerprint density at radius 1 is 1.00 bits per heavy atom. The van der Waals surface area contributed by atoms with Gasteiger partial charge in [-0.2, -0.15) is 13.2 Å². The summed E-state index contributed by atoms with van der Waals surface area (Å²) in [5, 5.41) is 0. The molecule has 1 aromatic carbocycles. The number of benzene rings is 1. The van der Waals surface area contributed by atoms with Crippen LogP contribution in [0.25, 0.3) is 22.1 Å². The number of alkyl halides is 3. The molecule has 3 heterocycles. The second-order valence-corrected chi connectivity index (χ2v) is 6.91. The predicted octanol–water partition coefficient (Wildman–Crippen LogP) is 3.14. The van der Waals surface area contributed by atoms with Crippen molar-refractivity contribution < 1.29 is 18.0 Å². The summed E-state index contributed by atoms with van der Waals surface area (Å²) in [5.74, 6) is 0.527. The number of aldehydes is 1. The molecule has 0 aliphatic rings. The van der Waals surface area contributed by atoms with Crippen molar-refractivity contribution in [3.05, 3.63) is 59.0 Å². The van der Waals surface area contributed by atoms with Crippen LogP contribution in [0.5, 0.6) is 0 Å². The molecule has 0 N–H and O–H groups in total. The third kappa shape index (κ3) is 3.72. The minimum absolute atomic E-state index is 0.0122. The molecule has 7 nitrogen and oxygen atoms in total. The number of aromatic nitrogens is 5. The zero-order chi connectivity index (χ0) is 21.3. The molecule has 0 bridgehead atoms. The first-order valence-corrected chi connectivity index (χ1v) is 9.36. The van der Waals surface area contributed by atoms with E-state index in [4.69, 9.17) is 0 Å². The highest BCUT2D eigenvalue weighted by molar-refractivity contribution is 5.77. The number of imidazole rings is 2. The minimum Gasteiger partial charge on any atom is -0.326 e. The standard InChI is InChI=1S/C20H18F3N5O2/c21-20(22,23)13-28-16-7-8-24-11-17(16)27(19(28)30)12-18-25-14-5-1-2-6-15(14)26(18)9-3-4-10-29/h1-2,5-8,10-11H,3-4,9,12-13H2. The summed E-state index contributed by atoms with van der Waals surface area (Å²) in [5.41, 5.74) is 1.24. The number of para-hydroxylation sites is 2. The summed E-state index contributed by atoms with van der Waals surface area (Å²) >= 11 is 0. The van der Waals surface area contributed by atoms with Crippen molar-refractivity contribution >= 4 is 28.4 Å². The number of carbonyl (C=O) groups excluding carboxylic acids is 1. The lowest BCUT2D eigenvalue weighted by molar-refractivity contribution is -0.140. The number of halogens is 3. The molecule has 0 radical (unpaired) electrons. The Morgan fingerprint density at radius 2 is 1.80 bits per heavy atom. The van der Waals surface area contributed by atoms with E-state index < -0.39 is 18.4 Å². The molecule has 0 amide bonds. The third-order valence-corrected chi connectivity index (χ3v) is 4.90. The van der Waals surface area contributed by atoms with Crippen LogP contribution in [0.2, 0.25) is 0 Å². The van der Waals surface area contributed by atoms with Gasteiger partial charge in [0.2, 0.25) is 0 Å². The van der Waals surface area contributed by atoms with Crippen LogP contribution in [0.15, 0.2) is 47.5 Å². The van der Waals surface area contributed by atoms with Gasteiger partial charge >= 0.3 is 11.9 Å². The van der Waals surface area contributed by atoms with Crippen molar-refractivity contribution in [2.75, 3.05) is 0 Å². The summed E-state index contributed by atoms with van der Waals surface area (Å²) in [4.78, 5) is 32.1. The zero-order valence-corrected chi connectivity index (χ0v) is 15.8. The first-order chi connectivity index (χ1) is 14.4. The molecule has 0 saturated heterocycles. The molecule has 0 saturated carbocycles. The topological polar surface area (TPSA) is 74.7 Å². The summed E-state index contributed by atoms with van der Waals surface area (Å²) in [6, 6.07) is 8.79. The first-order valence-electron chi connectivity index (χ1n) is 9.36. The molecule has 3 aromatic heterocycles. The van der Waals surface area contributed by atoms with Crippen LogP contribution >= 0.6 is 0 Å². The molecule has 0 aliphatic heterocycles. The van der Waals surface area contributed by atoms with E-state index in [2.05, 4.69) is 9.97 Å². The molecular weight excluding hydrogens is 399 g/mol. The zero-order valence-electron chi connectivity index (χ0n) is 15.8. The highest BCUT2D eigenvalue weighted by Gasteiger charge is 2.31. The van der Waals surface area contributed by atoms with Crippen molar-refractivity contribution in [2.24, 2.45) is 0 Å². The SMILES string of the molecule is O=CCCCn1c(Cn2c(=O)n(CC(F)(F)F)c3ccncc32)nc2ccccc21. The molecule has 156 valence electrons. The molecule has 0 fully saturated rings. The van der Waals surface area contributed by atoms with Crippen LogP contribution in [-0.4, -0.2) is 36.1 Å². The van der Waals surface area contributed by atoms with Crippen molar-refractivity contribution in [3.63, 3.8) is 0 Å². The van der Waals surface area contributed by atoms with Crippen LogP contribution in [-0.2, 0) is 24.4 Å². The van der Waals surface area contributed by atoms with Gasteiger partial charge in [-0.3, -0.25) is 14.1 Å². The van der Waals surface area contributed by atoms with Crippen LogP contribution in [0.4, 0.5) is 13.2 Å². The maximum Gasteiger partial charge on any atom is 0.406 e. The van der Waals surface area contributed by atoms with Crippen molar-refractivity contribution in [2.45, 2.75) is 38.7 Å². The second-order valence-electron chi connectivity index (χ2n) is 6.91. The van der Waals surface area contributed by atoms with E-state index >= 15 is 0 Å². The number of pyridine rings is 1. The lowest BCUT2D eigenvalue weighted by Crippen LogP contribution is -2.30. The minimum atomic E-state index is -4.53. The Hall–Kier alpha value is -3.43. The molecule has 0 aliphatic carbocycles. The number of hydrogen-bond donors (Lipinski definition) is 0. The molecule has 10 heteroatoms. The Kier molecular flexibility index (Phi) is 5.15. The largest absolute Gasteiger partial charge is 0.406 e. The number of unbranched alkanes of at least 4 members (excludes halogenated alkanes) is 1. The van der Waals surface area contributed by atoms with E-state index in [0.717, 1.165) is 11.8 Å². The average Bonchev–Trinajstić information content (AvgIpc) is 3.18. The predicted molar refractivity (Wildman–Crippen MR) is 104 cm³/mol. The monoisotopic (exact) mass is 417 g/mol. The number of nitrogens with zero attached hydrogens (tertiary/aromatic N) is 5. The average molecular weight is 417 g/mol. The van der Waals surface area contributed by atoms with Crippen LogP contribution in [0.1, 0.15) is 18.7 Å². The second kappa shape index (κ2) is 7.77. The van der Waals surface area contributed by atoms with Gasteiger partial charge in [-0.25, -0.2) is 9.78 Å². The van der Waals surface area contributed by atoms with Gasteiger partial charge in [0.1, 0.15) is 18.7 Å². The number of fused-ring (bicyclic) bond motifs is 2. The third-order valence-electron chi connectivity index (χ3n) is 4.90. The number of hydrogen-bond acceptors (Lipinski definition) is 4. The van der Waals surface area contributed by atoms with Crippen molar-refractivity contribution in [3.8, 4) is 0 Å². The fourth-order valence-corrected chi connectivity index (χ4v) is 3.62. The van der Waals surface area contributed by atoms with E-state index in [1.165, 1.54) is 23.0 Å². The maximum absolute atomic E-state index is 13.0. The van der Waals surface area contributed by atoms with Gasteiger partial charge in [-0.15, -0.1) is 0 Å². The Balaban J connectivity index is 1.82. The molecule has 4 rings (SSSR count). The Morgan fingerprint density at radius 3 is 2.57 bits per heavy atom. The molecule has 0 atom stereocenters. The molecular formula is C20H18F3N5O2.